The van der Waals surface area contributed by atoms with Crippen molar-refractivity contribution in [2.45, 2.75) is 13.2 Å². The number of hydrogen-bond donors (Lipinski definition) is 1. The second-order valence-electron chi connectivity index (χ2n) is 7.96. The van der Waals surface area contributed by atoms with E-state index in [1.807, 2.05) is 108 Å². The van der Waals surface area contributed by atoms with Crippen LogP contribution in [0.1, 0.15) is 21.5 Å². The number of amides is 1. The van der Waals surface area contributed by atoms with Crippen LogP contribution in [-0.4, -0.2) is 20.7 Å². The fourth-order valence-corrected chi connectivity index (χ4v) is 3.82. The van der Waals surface area contributed by atoms with E-state index in [9.17, 15) is 4.79 Å². The second kappa shape index (κ2) is 10.5. The Kier molecular flexibility index (Phi) is 6.62. The molecule has 0 spiro atoms. The van der Waals surface area contributed by atoms with E-state index in [1.165, 1.54) is 0 Å². The van der Waals surface area contributed by atoms with Gasteiger partial charge in [0, 0.05) is 47.4 Å². The lowest BCUT2D eigenvalue weighted by Crippen LogP contribution is -2.24. The van der Waals surface area contributed by atoms with Gasteiger partial charge in [0.25, 0.3) is 5.91 Å². The summed E-state index contributed by atoms with van der Waals surface area (Å²) in [4.78, 5) is 17.3. The van der Waals surface area contributed by atoms with Gasteiger partial charge in [-0.2, -0.15) is 5.10 Å². The summed E-state index contributed by atoms with van der Waals surface area (Å²) < 4.78 is 7.71. The minimum absolute atomic E-state index is 0.162. The quantitative estimate of drug-likeness (QED) is 0.335. The summed E-state index contributed by atoms with van der Waals surface area (Å²) in [5.41, 5.74) is 5.01. The van der Waals surface area contributed by atoms with E-state index in [0.29, 0.717) is 18.7 Å². The lowest BCUT2D eigenvalue weighted by atomic mass is 10.1. The van der Waals surface area contributed by atoms with E-state index < -0.39 is 0 Å². The third-order valence-electron chi connectivity index (χ3n) is 5.60. The number of nitrogens with zero attached hydrogens (tertiary/aromatic N) is 3. The van der Waals surface area contributed by atoms with Gasteiger partial charge in [0.1, 0.15) is 12.4 Å². The van der Waals surface area contributed by atoms with E-state index in [2.05, 4.69) is 10.3 Å². The molecule has 6 nitrogen and oxygen atoms in total. The van der Waals surface area contributed by atoms with Gasteiger partial charge in [0.05, 0.1) is 11.4 Å². The van der Waals surface area contributed by atoms with Gasteiger partial charge >= 0.3 is 0 Å². The van der Waals surface area contributed by atoms with Crippen molar-refractivity contribution in [3.63, 3.8) is 0 Å². The van der Waals surface area contributed by atoms with Crippen molar-refractivity contribution in [3.05, 3.63) is 132 Å². The average Bonchev–Trinajstić information content (AvgIpc) is 3.37. The molecule has 0 aliphatic heterocycles. The first-order valence-electron chi connectivity index (χ1n) is 11.4. The molecule has 6 heteroatoms. The summed E-state index contributed by atoms with van der Waals surface area (Å²) in [6.45, 7) is 0.638. The Morgan fingerprint density at radius 3 is 2.26 bits per heavy atom. The zero-order valence-corrected chi connectivity index (χ0v) is 19.0. The first kappa shape index (κ1) is 22.1. The number of carbonyl (C=O) groups excluding carboxylic acids is 1. The maximum atomic E-state index is 13.2. The average molecular weight is 461 g/mol. The molecule has 0 atom stereocenters. The van der Waals surface area contributed by atoms with Gasteiger partial charge in [0.2, 0.25) is 0 Å². The standard InChI is InChI=1S/C29H24N4O2/c34-29(27-14-8-7-9-23(27)21-35-26-12-5-2-6-13-26)31-19-24-20-33(25-10-3-1-4-11-25)32-28(24)22-15-17-30-18-16-22/h1-18,20H,19,21H2,(H,31,34). The molecular weight excluding hydrogens is 436 g/mol. The van der Waals surface area contributed by atoms with Gasteiger partial charge in [-0.25, -0.2) is 4.68 Å². The van der Waals surface area contributed by atoms with Gasteiger partial charge in [-0.1, -0.05) is 54.6 Å². The molecule has 0 aliphatic rings. The van der Waals surface area contributed by atoms with Crippen LogP contribution in [0.25, 0.3) is 16.9 Å². The van der Waals surface area contributed by atoms with Crippen molar-refractivity contribution in [1.82, 2.24) is 20.1 Å². The molecule has 0 saturated heterocycles. The molecule has 172 valence electrons. The topological polar surface area (TPSA) is 69.0 Å². The fourth-order valence-electron chi connectivity index (χ4n) is 3.82. The summed E-state index contributed by atoms with van der Waals surface area (Å²) in [6.07, 6.45) is 5.43. The molecule has 0 fully saturated rings. The maximum Gasteiger partial charge on any atom is 0.251 e. The summed E-state index contributed by atoms with van der Waals surface area (Å²) in [5.74, 6) is 0.600. The third kappa shape index (κ3) is 5.28. The molecule has 2 heterocycles. The zero-order chi connectivity index (χ0) is 23.9. The van der Waals surface area contributed by atoms with Crippen LogP contribution in [0.2, 0.25) is 0 Å². The Labute approximate surface area is 203 Å². The van der Waals surface area contributed by atoms with Crippen molar-refractivity contribution in [2.24, 2.45) is 0 Å². The van der Waals surface area contributed by atoms with Crippen LogP contribution in [0, 0.1) is 0 Å². The van der Waals surface area contributed by atoms with Gasteiger partial charge in [-0.15, -0.1) is 0 Å². The number of carbonyl (C=O) groups is 1. The highest BCUT2D eigenvalue weighted by molar-refractivity contribution is 5.95. The van der Waals surface area contributed by atoms with Crippen LogP contribution in [0.5, 0.6) is 5.75 Å². The van der Waals surface area contributed by atoms with Crippen LogP contribution in [0.3, 0.4) is 0 Å². The molecule has 2 aromatic heterocycles. The van der Waals surface area contributed by atoms with Crippen LogP contribution in [0.15, 0.2) is 116 Å². The smallest absolute Gasteiger partial charge is 0.251 e. The number of benzene rings is 3. The van der Waals surface area contributed by atoms with Crippen LogP contribution in [-0.2, 0) is 13.2 Å². The Morgan fingerprint density at radius 2 is 1.49 bits per heavy atom. The molecule has 1 N–H and O–H groups in total. The summed E-state index contributed by atoms with van der Waals surface area (Å²) in [5, 5.41) is 7.86. The Morgan fingerprint density at radius 1 is 0.800 bits per heavy atom. The molecule has 0 unspecified atom stereocenters. The summed E-state index contributed by atoms with van der Waals surface area (Å²) >= 11 is 0. The van der Waals surface area contributed by atoms with Gasteiger partial charge in [-0.05, 0) is 42.5 Å². The molecule has 0 radical (unpaired) electrons. The van der Waals surface area contributed by atoms with Crippen LogP contribution >= 0.6 is 0 Å². The highest BCUT2D eigenvalue weighted by Gasteiger charge is 2.16. The number of nitrogens with one attached hydrogen (secondary N) is 1. The first-order valence-corrected chi connectivity index (χ1v) is 11.4. The lowest BCUT2D eigenvalue weighted by molar-refractivity contribution is 0.0948. The number of para-hydroxylation sites is 2. The third-order valence-corrected chi connectivity index (χ3v) is 5.60. The fraction of sp³-hybridized carbons (Fsp3) is 0.0690. The highest BCUT2D eigenvalue weighted by Crippen LogP contribution is 2.23. The van der Waals surface area contributed by atoms with Gasteiger partial charge < -0.3 is 10.1 Å². The zero-order valence-electron chi connectivity index (χ0n) is 19.0. The van der Waals surface area contributed by atoms with Gasteiger partial charge in [-0.3, -0.25) is 9.78 Å². The van der Waals surface area contributed by atoms with Crippen molar-refractivity contribution in [3.8, 4) is 22.7 Å². The van der Waals surface area contributed by atoms with Crippen molar-refractivity contribution in [1.29, 1.82) is 0 Å². The van der Waals surface area contributed by atoms with E-state index in [4.69, 9.17) is 9.84 Å². The van der Waals surface area contributed by atoms with Crippen LogP contribution < -0.4 is 10.1 Å². The Bertz CT molecular complexity index is 1400. The lowest BCUT2D eigenvalue weighted by Gasteiger charge is -2.11. The van der Waals surface area contributed by atoms with Crippen molar-refractivity contribution < 1.29 is 9.53 Å². The minimum Gasteiger partial charge on any atom is -0.489 e. The molecule has 0 aliphatic carbocycles. The van der Waals surface area contributed by atoms with Crippen LogP contribution in [0.4, 0.5) is 0 Å². The molecule has 0 bridgehead atoms. The predicted molar refractivity (Wildman–Crippen MR) is 135 cm³/mol. The Hall–Kier alpha value is -4.71. The minimum atomic E-state index is -0.162. The monoisotopic (exact) mass is 460 g/mol. The molecule has 1 amide bonds. The van der Waals surface area contributed by atoms with E-state index in [1.54, 1.807) is 12.4 Å². The number of ether oxygens (including phenoxy) is 1. The first-order chi connectivity index (χ1) is 17.3. The van der Waals surface area contributed by atoms with E-state index in [-0.39, 0.29) is 5.91 Å². The normalized spacial score (nSPS) is 10.6. The highest BCUT2D eigenvalue weighted by atomic mass is 16.5. The Balaban J connectivity index is 1.36. The molecule has 35 heavy (non-hydrogen) atoms. The molecule has 0 saturated carbocycles. The number of pyridine rings is 1. The van der Waals surface area contributed by atoms with E-state index in [0.717, 1.165) is 33.8 Å². The van der Waals surface area contributed by atoms with E-state index >= 15 is 0 Å². The number of hydrogen-bond acceptors (Lipinski definition) is 4. The molecular formula is C29H24N4O2. The number of aromatic nitrogens is 3. The predicted octanol–water partition coefficient (Wildman–Crippen LogP) is 5.44. The summed E-state index contributed by atoms with van der Waals surface area (Å²) in [7, 11) is 0. The van der Waals surface area contributed by atoms with Gasteiger partial charge in [0.15, 0.2) is 0 Å². The molecule has 5 aromatic rings. The van der Waals surface area contributed by atoms with Crippen molar-refractivity contribution in [2.75, 3.05) is 0 Å². The van der Waals surface area contributed by atoms with Crippen molar-refractivity contribution >= 4 is 5.91 Å². The largest absolute Gasteiger partial charge is 0.489 e. The maximum absolute atomic E-state index is 13.2. The molecule has 3 aromatic carbocycles. The SMILES string of the molecule is O=C(NCc1cn(-c2ccccc2)nc1-c1ccncc1)c1ccccc1COc1ccccc1. The summed E-state index contributed by atoms with van der Waals surface area (Å²) in [6, 6.07) is 30.8. The molecule has 5 rings (SSSR count). The number of rotatable bonds is 8. The second-order valence-corrected chi connectivity index (χ2v) is 7.96.